The molecule has 2 rings (SSSR count). The lowest BCUT2D eigenvalue weighted by Crippen LogP contribution is -2.25. The van der Waals surface area contributed by atoms with Gasteiger partial charge in [-0.05, 0) is 31.4 Å². The highest BCUT2D eigenvalue weighted by molar-refractivity contribution is 6.00. The first kappa shape index (κ1) is 16.7. The third-order valence-electron chi connectivity index (χ3n) is 3.73. The summed E-state index contributed by atoms with van der Waals surface area (Å²) in [4.78, 5) is 36.2. The average molecular weight is 316 g/mol. The SMILES string of the molecule is Cc1c(C(=O)NCCCCCC(=O)NN=O)[nH]c2ccccc12. The third-order valence-corrected chi connectivity index (χ3v) is 3.73. The number of aryl methyl sites for hydroxylation is 1. The van der Waals surface area contributed by atoms with Crippen molar-refractivity contribution in [1.29, 1.82) is 0 Å². The third kappa shape index (κ3) is 4.38. The number of benzene rings is 1. The van der Waals surface area contributed by atoms with Gasteiger partial charge >= 0.3 is 0 Å². The number of aromatic amines is 1. The molecule has 1 heterocycles. The number of H-pyrrole nitrogens is 1. The molecule has 23 heavy (non-hydrogen) atoms. The number of hydrogen-bond acceptors (Lipinski definition) is 4. The van der Waals surface area contributed by atoms with Gasteiger partial charge in [-0.3, -0.25) is 9.59 Å². The molecule has 0 saturated heterocycles. The molecule has 7 heteroatoms. The summed E-state index contributed by atoms with van der Waals surface area (Å²) < 4.78 is 0. The van der Waals surface area contributed by atoms with E-state index in [2.05, 4.69) is 15.6 Å². The van der Waals surface area contributed by atoms with Crippen LogP contribution in [0, 0.1) is 11.8 Å². The number of hydrogen-bond donors (Lipinski definition) is 3. The highest BCUT2D eigenvalue weighted by atomic mass is 16.3. The first-order valence-corrected chi connectivity index (χ1v) is 7.60. The fraction of sp³-hybridized carbons (Fsp3) is 0.375. The number of rotatable bonds is 8. The van der Waals surface area contributed by atoms with Crippen molar-refractivity contribution in [2.24, 2.45) is 5.29 Å². The predicted octanol–water partition coefficient (Wildman–Crippen LogP) is 2.56. The van der Waals surface area contributed by atoms with Crippen LogP contribution in [0.2, 0.25) is 0 Å². The van der Waals surface area contributed by atoms with Crippen molar-refractivity contribution in [3.8, 4) is 0 Å². The summed E-state index contributed by atoms with van der Waals surface area (Å²) in [5, 5.41) is 6.25. The van der Waals surface area contributed by atoms with Gasteiger partial charge in [-0.15, -0.1) is 4.91 Å². The summed E-state index contributed by atoms with van der Waals surface area (Å²) in [7, 11) is 0. The highest BCUT2D eigenvalue weighted by Gasteiger charge is 2.13. The normalized spacial score (nSPS) is 10.5. The van der Waals surface area contributed by atoms with Crippen molar-refractivity contribution < 1.29 is 9.59 Å². The Morgan fingerprint density at radius 2 is 1.96 bits per heavy atom. The van der Waals surface area contributed by atoms with E-state index >= 15 is 0 Å². The summed E-state index contributed by atoms with van der Waals surface area (Å²) in [5.41, 5.74) is 4.33. The summed E-state index contributed by atoms with van der Waals surface area (Å²) >= 11 is 0. The van der Waals surface area contributed by atoms with Crippen LogP contribution in [0.3, 0.4) is 0 Å². The molecule has 0 unspecified atom stereocenters. The Morgan fingerprint density at radius 3 is 2.70 bits per heavy atom. The van der Waals surface area contributed by atoms with Crippen molar-refractivity contribution in [3.63, 3.8) is 0 Å². The number of unbranched alkanes of at least 4 members (excludes halogenated alkanes) is 2. The molecule has 0 aliphatic rings. The van der Waals surface area contributed by atoms with E-state index in [4.69, 9.17) is 0 Å². The maximum atomic E-state index is 12.2. The van der Waals surface area contributed by atoms with Gasteiger partial charge in [0, 0.05) is 23.9 Å². The molecule has 0 radical (unpaired) electrons. The minimum Gasteiger partial charge on any atom is -0.351 e. The Bertz CT molecular complexity index is 708. The van der Waals surface area contributed by atoms with Crippen LogP contribution in [-0.4, -0.2) is 23.3 Å². The summed E-state index contributed by atoms with van der Waals surface area (Å²) in [6, 6.07) is 7.80. The van der Waals surface area contributed by atoms with Crippen LogP contribution in [0.5, 0.6) is 0 Å². The molecule has 0 aliphatic heterocycles. The number of nitroso groups, excluding NO2 is 1. The Morgan fingerprint density at radius 1 is 1.17 bits per heavy atom. The predicted molar refractivity (Wildman–Crippen MR) is 87.8 cm³/mol. The minimum absolute atomic E-state index is 0.124. The fourth-order valence-corrected chi connectivity index (χ4v) is 2.49. The van der Waals surface area contributed by atoms with Crippen molar-refractivity contribution in [3.05, 3.63) is 40.4 Å². The summed E-state index contributed by atoms with van der Waals surface area (Å²) in [6.07, 6.45) is 2.48. The van der Waals surface area contributed by atoms with E-state index in [1.54, 1.807) is 0 Å². The zero-order valence-corrected chi connectivity index (χ0v) is 13.0. The fourth-order valence-electron chi connectivity index (χ4n) is 2.49. The molecule has 3 N–H and O–H groups in total. The average Bonchev–Trinajstić information content (AvgIpc) is 2.88. The van der Waals surface area contributed by atoms with E-state index in [1.165, 1.54) is 0 Å². The van der Waals surface area contributed by atoms with Gasteiger partial charge in [0.1, 0.15) is 5.69 Å². The van der Waals surface area contributed by atoms with Gasteiger partial charge < -0.3 is 10.3 Å². The van der Waals surface area contributed by atoms with Crippen LogP contribution < -0.4 is 10.7 Å². The molecule has 7 nitrogen and oxygen atoms in total. The second kappa shape index (κ2) is 8.07. The standard InChI is InChI=1S/C16H20N4O3/c1-11-12-7-4-5-8-13(12)18-15(11)16(22)17-10-6-2-3-9-14(21)19-20-23/h4-5,7-8,18H,2-3,6,9-10H2,1H3,(H,17,22)(H,19,21,23). The first-order valence-electron chi connectivity index (χ1n) is 7.60. The maximum Gasteiger partial charge on any atom is 0.268 e. The van der Waals surface area contributed by atoms with Gasteiger partial charge in [-0.2, -0.15) is 0 Å². The van der Waals surface area contributed by atoms with Crippen LogP contribution in [0.25, 0.3) is 10.9 Å². The number of amides is 2. The highest BCUT2D eigenvalue weighted by Crippen LogP contribution is 2.21. The zero-order chi connectivity index (χ0) is 16.7. The first-order chi connectivity index (χ1) is 11.1. The van der Waals surface area contributed by atoms with Crippen molar-refractivity contribution in [2.75, 3.05) is 6.54 Å². The van der Waals surface area contributed by atoms with E-state index in [-0.39, 0.29) is 18.2 Å². The smallest absolute Gasteiger partial charge is 0.268 e. The molecule has 0 spiro atoms. The lowest BCUT2D eigenvalue weighted by molar-refractivity contribution is -0.121. The van der Waals surface area contributed by atoms with Gasteiger partial charge in [0.2, 0.25) is 5.91 Å². The maximum absolute atomic E-state index is 12.2. The lowest BCUT2D eigenvalue weighted by atomic mass is 10.1. The number of carbonyl (C=O) groups excluding carboxylic acids is 2. The molecule has 1 aromatic heterocycles. The van der Waals surface area contributed by atoms with Gasteiger partial charge in [0.05, 0.1) is 5.29 Å². The van der Waals surface area contributed by atoms with E-state index < -0.39 is 0 Å². The van der Waals surface area contributed by atoms with Crippen molar-refractivity contribution in [2.45, 2.75) is 32.6 Å². The van der Waals surface area contributed by atoms with E-state index in [9.17, 15) is 14.5 Å². The quantitative estimate of drug-likeness (QED) is 0.396. The van der Waals surface area contributed by atoms with Crippen LogP contribution in [0.4, 0.5) is 0 Å². The second-order valence-electron chi connectivity index (χ2n) is 5.36. The Labute approximate surface area is 133 Å². The van der Waals surface area contributed by atoms with Gasteiger partial charge in [-0.25, -0.2) is 5.43 Å². The van der Waals surface area contributed by atoms with Crippen LogP contribution >= 0.6 is 0 Å². The van der Waals surface area contributed by atoms with Crippen molar-refractivity contribution >= 4 is 22.7 Å². The number of carbonyl (C=O) groups is 2. The van der Waals surface area contributed by atoms with E-state index in [0.29, 0.717) is 18.7 Å². The molecule has 0 atom stereocenters. The molecule has 122 valence electrons. The van der Waals surface area contributed by atoms with Crippen LogP contribution in [0.15, 0.2) is 29.6 Å². The Balaban J connectivity index is 1.75. The molecule has 1 aromatic carbocycles. The van der Waals surface area contributed by atoms with Crippen molar-refractivity contribution in [1.82, 2.24) is 15.7 Å². The second-order valence-corrected chi connectivity index (χ2v) is 5.36. The zero-order valence-electron chi connectivity index (χ0n) is 13.0. The Hall–Kier alpha value is -2.70. The molecular formula is C16H20N4O3. The van der Waals surface area contributed by atoms with Gasteiger partial charge in [0.25, 0.3) is 5.91 Å². The van der Waals surface area contributed by atoms with Gasteiger partial charge in [-0.1, -0.05) is 24.6 Å². The molecule has 0 aliphatic carbocycles. The molecule has 2 amide bonds. The number of nitrogens with zero attached hydrogens (tertiary/aromatic N) is 1. The van der Waals surface area contributed by atoms with E-state index in [1.807, 2.05) is 36.6 Å². The minimum atomic E-state index is -0.377. The van der Waals surface area contributed by atoms with E-state index in [0.717, 1.165) is 29.3 Å². The molecular weight excluding hydrogens is 296 g/mol. The largest absolute Gasteiger partial charge is 0.351 e. The van der Waals surface area contributed by atoms with Crippen LogP contribution in [-0.2, 0) is 4.79 Å². The lowest BCUT2D eigenvalue weighted by Gasteiger charge is -2.04. The topological polar surface area (TPSA) is 103 Å². The number of para-hydroxylation sites is 1. The van der Waals surface area contributed by atoms with Crippen LogP contribution in [0.1, 0.15) is 41.7 Å². The number of fused-ring (bicyclic) bond motifs is 1. The number of nitrogens with one attached hydrogen (secondary N) is 3. The summed E-state index contributed by atoms with van der Waals surface area (Å²) in [6.45, 7) is 2.47. The molecule has 0 saturated carbocycles. The van der Waals surface area contributed by atoms with Gasteiger partial charge in [0.15, 0.2) is 0 Å². The molecule has 0 bridgehead atoms. The molecule has 2 aromatic rings. The molecule has 0 fully saturated rings. The summed E-state index contributed by atoms with van der Waals surface area (Å²) in [5.74, 6) is -0.501. The monoisotopic (exact) mass is 316 g/mol. The Kier molecular flexibility index (Phi) is 5.85. The number of aromatic nitrogens is 1.